The Morgan fingerprint density at radius 1 is 0.364 bits per heavy atom. The first kappa shape index (κ1) is 46.0. The molecule has 77 heavy (non-hydrogen) atoms. The molecule has 0 radical (unpaired) electrons. The van der Waals surface area contributed by atoms with E-state index in [1.54, 1.807) is 23.9 Å². The van der Waals surface area contributed by atoms with E-state index in [-0.39, 0.29) is 20.1 Å². The minimum absolute atomic E-state index is 0.0781. The Labute approximate surface area is 466 Å². The first-order valence-electron chi connectivity index (χ1n) is 26.2. The third-order valence-electron chi connectivity index (χ3n) is 16.9. The van der Waals surface area contributed by atoms with E-state index in [9.17, 15) is 0 Å². The van der Waals surface area contributed by atoms with Crippen molar-refractivity contribution in [1.29, 1.82) is 0 Å². The van der Waals surface area contributed by atoms with Crippen molar-refractivity contribution in [2.45, 2.75) is 41.5 Å². The van der Waals surface area contributed by atoms with E-state index in [4.69, 9.17) is 18.9 Å². The number of anilines is 4. The Hall–Kier alpha value is -7.15. The summed E-state index contributed by atoms with van der Waals surface area (Å²) in [7, 11) is 0. The molecule has 10 aromatic rings. The van der Waals surface area contributed by atoms with Crippen LogP contribution in [-0.2, 0) is 0 Å². The van der Waals surface area contributed by atoms with Gasteiger partial charge in [-0.1, -0.05) is 91.0 Å². The number of benzene rings is 8. The summed E-state index contributed by atoms with van der Waals surface area (Å²) in [6, 6.07) is 50.9. The van der Waals surface area contributed by atoms with Crippen LogP contribution in [0, 0.1) is 41.5 Å². The lowest BCUT2D eigenvalue weighted by atomic mass is 9.36. The number of aryl methyl sites for hydroxylation is 6. The average molecular weight is 1070 g/mol. The minimum atomic E-state index is -0.154. The molecule has 0 bridgehead atoms. The molecular weight excluding hydrogens is 1020 g/mol. The summed E-state index contributed by atoms with van der Waals surface area (Å²) in [4.78, 5) is 0. The predicted molar refractivity (Wildman–Crippen MR) is 331 cm³/mol. The summed E-state index contributed by atoms with van der Waals surface area (Å²) in [5.74, 6) is 7.09. The SMILES string of the molecule is CSN1c2cc(-c3c(C)cccc3C)cc3c2B(c2ccccc2O3)c2sc3c(c21)Oc1cc(-c2c(C)cccc2C)cc2c1B3c1sc3c(c1N2SC)Oc1cc(-c2c(C)cccc2C)cc2c1B3c1ccccc1O2. The van der Waals surface area contributed by atoms with Crippen molar-refractivity contribution >= 4 is 136 Å². The number of ether oxygens (including phenoxy) is 4. The normalized spacial score (nSPS) is 14.1. The van der Waals surface area contributed by atoms with Crippen LogP contribution >= 0.6 is 46.6 Å². The highest BCUT2D eigenvalue weighted by atomic mass is 32.2. The lowest BCUT2D eigenvalue weighted by Gasteiger charge is -2.39. The average Bonchev–Trinajstić information content (AvgIpc) is 4.24. The third kappa shape index (κ3) is 6.31. The number of hydrogen-bond acceptors (Lipinski definition) is 10. The van der Waals surface area contributed by atoms with Gasteiger partial charge in [0.1, 0.15) is 45.9 Å². The summed E-state index contributed by atoms with van der Waals surface area (Å²) in [5.41, 5.74) is 24.7. The van der Waals surface area contributed by atoms with Crippen molar-refractivity contribution in [2.75, 3.05) is 21.1 Å². The molecule has 2 aromatic heterocycles. The van der Waals surface area contributed by atoms with E-state index in [1.165, 1.54) is 85.6 Å². The molecule has 8 heterocycles. The molecule has 6 aliphatic rings. The quantitative estimate of drug-likeness (QED) is 0.125. The van der Waals surface area contributed by atoms with E-state index in [0.29, 0.717) is 0 Å². The third-order valence-corrected chi connectivity index (χ3v) is 21.0. The van der Waals surface area contributed by atoms with Crippen molar-refractivity contribution in [3.63, 3.8) is 0 Å². The second-order valence-corrected chi connectivity index (χ2v) is 24.9. The maximum atomic E-state index is 7.73. The fourth-order valence-corrected chi connectivity index (χ4v) is 18.3. The van der Waals surface area contributed by atoms with Gasteiger partial charge in [-0.2, -0.15) is 22.7 Å². The number of nitrogens with zero attached hydrogens (tertiary/aromatic N) is 2. The molecular formula is C64H47B3N2O4S4. The highest BCUT2D eigenvalue weighted by Gasteiger charge is 2.54. The molecule has 370 valence electrons. The molecule has 0 N–H and O–H groups in total. The Balaban J connectivity index is 0.973. The molecule has 6 aliphatic heterocycles. The zero-order valence-electron chi connectivity index (χ0n) is 43.7. The van der Waals surface area contributed by atoms with Gasteiger partial charge in [0, 0.05) is 37.1 Å². The molecule has 0 saturated heterocycles. The van der Waals surface area contributed by atoms with Gasteiger partial charge in [-0.25, -0.2) is 0 Å². The molecule has 0 aliphatic carbocycles. The van der Waals surface area contributed by atoms with Crippen molar-refractivity contribution < 1.29 is 18.9 Å². The van der Waals surface area contributed by atoms with E-state index in [0.717, 1.165) is 96.4 Å². The van der Waals surface area contributed by atoms with Gasteiger partial charge in [0.15, 0.2) is 11.5 Å². The molecule has 6 nitrogen and oxygen atoms in total. The van der Waals surface area contributed by atoms with Gasteiger partial charge in [0.25, 0.3) is 20.1 Å². The number of rotatable bonds is 5. The zero-order chi connectivity index (χ0) is 51.9. The first-order chi connectivity index (χ1) is 37.6. The van der Waals surface area contributed by atoms with Crippen molar-refractivity contribution in [1.82, 2.24) is 0 Å². The number of para-hydroxylation sites is 2. The standard InChI is InChI=1S/C64H47B3N2O4S4/c1-32-16-13-17-33(2)51(32)38-26-43-54-47(28-38)70-45-24-11-9-22-41(45)65(54)61-57(68(43)74-7)60-64(76-61)67-55-44(27-39(29-48(55)72-60)52-34(3)18-14-19-35(52)4)69(75-8)58-59-63(77-62(58)67)66-42-23-10-12-25-46(42)71-49-30-40(31-50(73-59)56(49)66)53-36(5)20-15-21-37(53)6/h9-31H,1-8H3. The van der Waals surface area contributed by atoms with Gasteiger partial charge in [-0.15, -0.1) is 0 Å². The molecule has 0 amide bonds. The van der Waals surface area contributed by atoms with Gasteiger partial charge in [-0.3, -0.25) is 8.61 Å². The topological polar surface area (TPSA) is 43.4 Å². The molecule has 0 fully saturated rings. The van der Waals surface area contributed by atoms with Gasteiger partial charge in [0.2, 0.25) is 0 Å². The highest BCUT2D eigenvalue weighted by Crippen LogP contribution is 2.54. The largest absolute Gasteiger partial charge is 0.458 e. The smallest absolute Gasteiger partial charge is 0.281 e. The minimum Gasteiger partial charge on any atom is -0.458 e. The van der Waals surface area contributed by atoms with Crippen LogP contribution in [0.15, 0.2) is 140 Å². The number of fused-ring (bicyclic) bond motifs is 14. The lowest BCUT2D eigenvalue weighted by molar-refractivity contribution is 0.466. The van der Waals surface area contributed by atoms with Crippen LogP contribution in [0.2, 0.25) is 0 Å². The van der Waals surface area contributed by atoms with E-state index in [1.807, 2.05) is 22.7 Å². The summed E-state index contributed by atoms with van der Waals surface area (Å²) < 4.78 is 39.1. The Kier molecular flexibility index (Phi) is 9.96. The van der Waals surface area contributed by atoms with Gasteiger partial charge in [-0.05, 0) is 203 Å². The second-order valence-electron chi connectivity index (χ2n) is 21.3. The summed E-state index contributed by atoms with van der Waals surface area (Å²) >= 11 is 7.28. The lowest BCUT2D eigenvalue weighted by Crippen LogP contribution is -2.58. The fraction of sp³-hybridized carbons (Fsp3) is 0.125. The summed E-state index contributed by atoms with van der Waals surface area (Å²) in [6.45, 7) is 12.9. The van der Waals surface area contributed by atoms with Crippen LogP contribution in [-0.4, -0.2) is 32.6 Å². The van der Waals surface area contributed by atoms with Crippen LogP contribution in [0.1, 0.15) is 33.4 Å². The molecule has 13 heteroatoms. The van der Waals surface area contributed by atoms with Crippen molar-refractivity contribution in [3.05, 3.63) is 173 Å². The Morgan fingerprint density at radius 3 is 1.17 bits per heavy atom. The Morgan fingerprint density at radius 2 is 0.714 bits per heavy atom. The monoisotopic (exact) mass is 1070 g/mol. The molecule has 16 rings (SSSR count). The molecule has 0 spiro atoms. The molecule has 0 atom stereocenters. The maximum Gasteiger partial charge on any atom is 0.281 e. The summed E-state index contributed by atoms with van der Waals surface area (Å²) in [5, 5.41) is 0. The first-order valence-corrected chi connectivity index (χ1v) is 30.2. The molecule has 0 saturated carbocycles. The van der Waals surface area contributed by atoms with E-state index in [2.05, 4.69) is 202 Å². The van der Waals surface area contributed by atoms with E-state index < -0.39 is 0 Å². The van der Waals surface area contributed by atoms with Crippen LogP contribution in [0.3, 0.4) is 0 Å². The summed E-state index contributed by atoms with van der Waals surface area (Å²) in [6.07, 6.45) is 4.39. The van der Waals surface area contributed by atoms with Gasteiger partial charge < -0.3 is 18.9 Å². The molecule has 0 unspecified atom stereocenters. The molecule has 8 aromatic carbocycles. The van der Waals surface area contributed by atoms with E-state index >= 15 is 0 Å². The van der Waals surface area contributed by atoms with Crippen molar-refractivity contribution in [3.8, 4) is 79.4 Å². The maximum absolute atomic E-state index is 7.73. The van der Waals surface area contributed by atoms with Crippen LogP contribution in [0.25, 0.3) is 33.4 Å². The zero-order valence-corrected chi connectivity index (χ0v) is 46.9. The number of hydrogen-bond donors (Lipinski definition) is 0. The van der Waals surface area contributed by atoms with Crippen LogP contribution in [0.5, 0.6) is 46.0 Å². The van der Waals surface area contributed by atoms with Crippen LogP contribution in [0.4, 0.5) is 22.7 Å². The van der Waals surface area contributed by atoms with Crippen LogP contribution < -0.4 is 74.0 Å². The van der Waals surface area contributed by atoms with Crippen molar-refractivity contribution in [2.24, 2.45) is 0 Å². The Bertz CT molecular complexity index is 4240. The second kappa shape index (κ2) is 16.7. The van der Waals surface area contributed by atoms with Gasteiger partial charge >= 0.3 is 0 Å². The van der Waals surface area contributed by atoms with Gasteiger partial charge in [0.05, 0.1) is 11.4 Å². The predicted octanol–water partition coefficient (Wildman–Crippen LogP) is 12.1. The number of thiophene rings is 2. The fourth-order valence-electron chi connectivity index (χ4n) is 13.8. The highest BCUT2D eigenvalue weighted by molar-refractivity contribution is 8.00.